The summed E-state index contributed by atoms with van der Waals surface area (Å²) < 4.78 is 6.51. The zero-order valence-electron chi connectivity index (χ0n) is 12.8. The predicted octanol–water partition coefficient (Wildman–Crippen LogP) is 4.56. The molecule has 2 N–H and O–H groups in total. The summed E-state index contributed by atoms with van der Waals surface area (Å²) in [6, 6.07) is 15.5. The Morgan fingerprint density at radius 3 is 2.74 bits per heavy atom. The van der Waals surface area contributed by atoms with E-state index in [1.54, 1.807) is 6.21 Å². The summed E-state index contributed by atoms with van der Waals surface area (Å²) in [6.07, 6.45) is 2.68. The maximum Gasteiger partial charge on any atom is 0.191 e. The van der Waals surface area contributed by atoms with Crippen molar-refractivity contribution in [2.24, 2.45) is 5.10 Å². The zero-order chi connectivity index (χ0) is 16.5. The van der Waals surface area contributed by atoms with E-state index in [0.717, 1.165) is 27.9 Å². The van der Waals surface area contributed by atoms with Gasteiger partial charge in [0.15, 0.2) is 5.11 Å². The molecule has 0 atom stereocenters. The number of nitrogens with zero attached hydrogens (tertiary/aromatic N) is 1. The number of hydrogen-bond donors (Lipinski definition) is 2. The van der Waals surface area contributed by atoms with E-state index in [4.69, 9.17) is 17.0 Å². The van der Waals surface area contributed by atoms with Gasteiger partial charge in [-0.3, -0.25) is 5.43 Å². The fourth-order valence-electron chi connectivity index (χ4n) is 1.77. The number of thiocarbonyl (C=S) groups is 1. The Morgan fingerprint density at radius 1 is 1.26 bits per heavy atom. The highest BCUT2D eigenvalue weighted by atomic mass is 79.9. The predicted molar refractivity (Wildman–Crippen MR) is 103 cm³/mol. The summed E-state index contributed by atoms with van der Waals surface area (Å²) in [6.45, 7) is 2.78. The molecule has 0 heterocycles. The molecule has 23 heavy (non-hydrogen) atoms. The van der Waals surface area contributed by atoms with E-state index in [9.17, 15) is 0 Å². The smallest absolute Gasteiger partial charge is 0.191 e. The van der Waals surface area contributed by atoms with E-state index in [-0.39, 0.29) is 0 Å². The molecule has 0 fully saturated rings. The third kappa shape index (κ3) is 6.00. The Labute approximate surface area is 150 Å². The van der Waals surface area contributed by atoms with Gasteiger partial charge in [-0.15, -0.1) is 0 Å². The number of hydrazone groups is 1. The van der Waals surface area contributed by atoms with Crippen LogP contribution in [0.4, 0.5) is 5.69 Å². The van der Waals surface area contributed by atoms with E-state index in [0.29, 0.717) is 11.7 Å². The monoisotopic (exact) mass is 391 g/mol. The summed E-state index contributed by atoms with van der Waals surface area (Å²) in [5, 5.41) is 7.62. The van der Waals surface area contributed by atoms with E-state index in [1.807, 2.05) is 48.5 Å². The first kappa shape index (κ1) is 17.4. The van der Waals surface area contributed by atoms with Crippen LogP contribution in [0, 0.1) is 0 Å². The molecule has 0 aliphatic heterocycles. The number of rotatable bonds is 6. The van der Waals surface area contributed by atoms with E-state index in [2.05, 4.69) is 38.7 Å². The van der Waals surface area contributed by atoms with Crippen LogP contribution in [-0.2, 0) is 0 Å². The van der Waals surface area contributed by atoms with Crippen molar-refractivity contribution in [1.82, 2.24) is 5.43 Å². The van der Waals surface area contributed by atoms with Crippen LogP contribution in [0.15, 0.2) is 58.1 Å². The average molecular weight is 392 g/mol. The molecular weight excluding hydrogens is 374 g/mol. The normalized spacial score (nSPS) is 10.5. The van der Waals surface area contributed by atoms with Crippen LogP contribution < -0.4 is 15.5 Å². The summed E-state index contributed by atoms with van der Waals surface area (Å²) in [4.78, 5) is 0. The van der Waals surface area contributed by atoms with Crippen LogP contribution in [0.2, 0.25) is 0 Å². The van der Waals surface area contributed by atoms with Gasteiger partial charge in [0.05, 0.1) is 17.3 Å². The lowest BCUT2D eigenvalue weighted by molar-refractivity contribution is 0.315. The topological polar surface area (TPSA) is 45.6 Å². The highest BCUT2D eigenvalue weighted by Crippen LogP contribution is 2.25. The SMILES string of the molecule is CCCOc1ccc(/C=N/NC(=S)Nc2ccccc2)cc1Br. The third-order valence-electron chi connectivity index (χ3n) is 2.83. The molecule has 0 saturated heterocycles. The van der Waals surface area contributed by atoms with Crippen LogP contribution >= 0.6 is 28.1 Å². The van der Waals surface area contributed by atoms with Crippen molar-refractivity contribution in [3.05, 3.63) is 58.6 Å². The van der Waals surface area contributed by atoms with E-state index >= 15 is 0 Å². The van der Waals surface area contributed by atoms with Crippen LogP contribution in [0.1, 0.15) is 18.9 Å². The van der Waals surface area contributed by atoms with Gasteiger partial charge in [-0.1, -0.05) is 25.1 Å². The molecule has 0 bridgehead atoms. The Balaban J connectivity index is 1.87. The van der Waals surface area contributed by atoms with Crippen LogP contribution in [0.3, 0.4) is 0 Å². The minimum atomic E-state index is 0.439. The lowest BCUT2D eigenvalue weighted by Crippen LogP contribution is -2.23. The molecule has 4 nitrogen and oxygen atoms in total. The molecule has 0 spiro atoms. The third-order valence-corrected chi connectivity index (χ3v) is 3.64. The highest BCUT2D eigenvalue weighted by Gasteiger charge is 2.01. The number of benzene rings is 2. The molecule has 0 saturated carbocycles. The number of anilines is 1. The van der Waals surface area contributed by atoms with Crippen LogP contribution in [0.25, 0.3) is 0 Å². The van der Waals surface area contributed by atoms with Crippen LogP contribution in [0.5, 0.6) is 5.75 Å². The first-order valence-electron chi connectivity index (χ1n) is 7.26. The Morgan fingerprint density at radius 2 is 2.04 bits per heavy atom. The molecule has 0 aromatic heterocycles. The van der Waals surface area contributed by atoms with Gasteiger partial charge in [0.1, 0.15) is 5.75 Å². The Kier molecular flexibility index (Phi) is 7.03. The molecule has 0 aliphatic carbocycles. The zero-order valence-corrected chi connectivity index (χ0v) is 15.2. The van der Waals surface area contributed by atoms with Crippen molar-refractivity contribution in [2.75, 3.05) is 11.9 Å². The van der Waals surface area contributed by atoms with Gasteiger partial charge in [-0.25, -0.2) is 0 Å². The second kappa shape index (κ2) is 9.27. The van der Waals surface area contributed by atoms with Crippen molar-refractivity contribution in [2.45, 2.75) is 13.3 Å². The van der Waals surface area contributed by atoms with E-state index in [1.165, 1.54) is 0 Å². The van der Waals surface area contributed by atoms with Gasteiger partial charge < -0.3 is 10.1 Å². The Hall–Kier alpha value is -1.92. The molecular formula is C17H18BrN3OS. The number of halogens is 1. The number of hydrogen-bond acceptors (Lipinski definition) is 3. The van der Waals surface area contributed by atoms with Crippen LogP contribution in [-0.4, -0.2) is 17.9 Å². The van der Waals surface area contributed by atoms with Gasteiger partial charge >= 0.3 is 0 Å². The summed E-state index contributed by atoms with van der Waals surface area (Å²) in [5.41, 5.74) is 4.65. The molecule has 0 radical (unpaired) electrons. The summed E-state index contributed by atoms with van der Waals surface area (Å²) >= 11 is 8.68. The van der Waals surface area contributed by atoms with Gasteiger partial charge in [-0.2, -0.15) is 5.10 Å². The quantitative estimate of drug-likeness (QED) is 0.430. The molecule has 0 aliphatic rings. The van der Waals surface area contributed by atoms with Gasteiger partial charge in [0, 0.05) is 5.69 Å². The number of ether oxygens (including phenoxy) is 1. The maximum absolute atomic E-state index is 5.61. The maximum atomic E-state index is 5.61. The van der Waals surface area contributed by atoms with Crippen molar-refractivity contribution in [3.8, 4) is 5.75 Å². The van der Waals surface area contributed by atoms with Crippen molar-refractivity contribution < 1.29 is 4.74 Å². The lowest BCUT2D eigenvalue weighted by Gasteiger charge is -2.08. The second-order valence-corrected chi connectivity index (χ2v) is 5.99. The fourth-order valence-corrected chi connectivity index (χ4v) is 2.45. The largest absolute Gasteiger partial charge is 0.492 e. The molecule has 6 heteroatoms. The molecule has 0 amide bonds. The Bertz CT molecular complexity index is 677. The average Bonchev–Trinajstić information content (AvgIpc) is 2.55. The molecule has 2 aromatic rings. The first-order chi connectivity index (χ1) is 11.2. The van der Waals surface area contributed by atoms with E-state index < -0.39 is 0 Å². The molecule has 120 valence electrons. The molecule has 2 rings (SSSR count). The van der Waals surface area contributed by atoms with Crippen molar-refractivity contribution >= 4 is 45.2 Å². The number of para-hydroxylation sites is 1. The minimum absolute atomic E-state index is 0.439. The van der Waals surface area contributed by atoms with Crippen molar-refractivity contribution in [3.63, 3.8) is 0 Å². The van der Waals surface area contributed by atoms with Crippen molar-refractivity contribution in [1.29, 1.82) is 0 Å². The summed E-state index contributed by atoms with van der Waals surface area (Å²) in [7, 11) is 0. The first-order valence-corrected chi connectivity index (χ1v) is 8.46. The van der Waals surface area contributed by atoms with Gasteiger partial charge in [-0.05, 0) is 70.5 Å². The molecule has 0 unspecified atom stereocenters. The standard InChI is InChI=1S/C17H18BrN3OS/c1-2-10-22-16-9-8-13(11-15(16)18)12-19-21-17(23)20-14-6-4-3-5-7-14/h3-9,11-12H,2,10H2,1H3,(H2,20,21,23)/b19-12+. The van der Waals surface area contributed by atoms with Gasteiger partial charge in [0.2, 0.25) is 0 Å². The molecule has 2 aromatic carbocycles. The summed E-state index contributed by atoms with van der Waals surface area (Å²) in [5.74, 6) is 0.832. The highest BCUT2D eigenvalue weighted by molar-refractivity contribution is 9.10. The minimum Gasteiger partial charge on any atom is -0.492 e. The second-order valence-electron chi connectivity index (χ2n) is 4.73. The lowest BCUT2D eigenvalue weighted by atomic mass is 10.2. The fraction of sp³-hybridized carbons (Fsp3) is 0.176. The van der Waals surface area contributed by atoms with Gasteiger partial charge in [0.25, 0.3) is 0 Å². The number of nitrogens with one attached hydrogen (secondary N) is 2.